The van der Waals surface area contributed by atoms with Crippen molar-refractivity contribution < 1.29 is 35.4 Å². The topological polar surface area (TPSA) is 177 Å². The number of ether oxygens (including phenoxy) is 2. The van der Waals surface area contributed by atoms with Gasteiger partial charge < -0.3 is 20.1 Å². The summed E-state index contributed by atoms with van der Waals surface area (Å²) in [5.74, 6) is 0.961. The zero-order chi connectivity index (χ0) is 20.9. The van der Waals surface area contributed by atoms with Crippen LogP contribution in [0.5, 0.6) is 11.8 Å². The Morgan fingerprint density at radius 2 is 1.25 bits per heavy atom. The predicted molar refractivity (Wildman–Crippen MR) is 107 cm³/mol. The number of rotatable bonds is 16. The summed E-state index contributed by atoms with van der Waals surface area (Å²) in [6.07, 6.45) is 2.84. The molecule has 0 unspecified atom stereocenters. The molecule has 0 fully saturated rings. The smallest absolute Gasteiger partial charge is 0.319 e. The van der Waals surface area contributed by atoms with E-state index in [1.165, 1.54) is 12.4 Å². The first kappa shape index (κ1) is 25.2. The van der Waals surface area contributed by atoms with E-state index in [1.807, 2.05) is 0 Å². The van der Waals surface area contributed by atoms with E-state index in [2.05, 4.69) is 20.6 Å². The van der Waals surface area contributed by atoms with Crippen LogP contribution in [0.1, 0.15) is 0 Å². The maximum atomic E-state index is 10.5. The number of aromatic nitrogens is 2. The van der Waals surface area contributed by atoms with Gasteiger partial charge in [0.1, 0.15) is 13.2 Å². The van der Waals surface area contributed by atoms with Gasteiger partial charge in [0.25, 0.3) is 0 Å². The first-order valence-electron chi connectivity index (χ1n) is 7.88. The average molecular weight is 479 g/mol. The summed E-state index contributed by atoms with van der Waals surface area (Å²) in [7, 11) is -7.13. The normalized spacial score (nSPS) is 12.1. The Bertz CT molecular complexity index is 716. The maximum absolute atomic E-state index is 10.5. The third-order valence-corrected chi connectivity index (χ3v) is 6.79. The number of hydrogen-bond donors (Lipinski definition) is 4. The third kappa shape index (κ3) is 15.1. The molecule has 12 nitrogen and oxygen atoms in total. The molecule has 0 aliphatic rings. The summed E-state index contributed by atoms with van der Waals surface area (Å²) in [5.41, 5.74) is 0. The van der Waals surface area contributed by atoms with Gasteiger partial charge in [-0.25, -0.2) is 0 Å². The highest BCUT2D eigenvalue weighted by molar-refractivity contribution is 8.70. The van der Waals surface area contributed by atoms with Gasteiger partial charge in [0.15, 0.2) is 0 Å². The molecule has 0 radical (unpaired) electrons. The van der Waals surface area contributed by atoms with Gasteiger partial charge in [-0.05, 0) is 21.6 Å². The first-order chi connectivity index (χ1) is 13.2. The van der Waals surface area contributed by atoms with Crippen LogP contribution in [-0.4, -0.2) is 86.8 Å². The van der Waals surface area contributed by atoms with Crippen LogP contribution < -0.4 is 20.1 Å². The van der Waals surface area contributed by atoms with Crippen LogP contribution in [0.15, 0.2) is 12.4 Å². The van der Waals surface area contributed by atoms with Crippen molar-refractivity contribution in [3.05, 3.63) is 12.4 Å². The zero-order valence-electron chi connectivity index (χ0n) is 14.7. The van der Waals surface area contributed by atoms with Crippen molar-refractivity contribution in [3.8, 4) is 11.8 Å². The lowest BCUT2D eigenvalue weighted by Crippen LogP contribution is -2.24. The molecule has 1 aromatic heterocycles. The van der Waals surface area contributed by atoms with Crippen LogP contribution in [0.3, 0.4) is 0 Å². The average Bonchev–Trinajstić information content (AvgIpc) is 2.58. The van der Waals surface area contributed by atoms with Crippen molar-refractivity contribution in [3.63, 3.8) is 0 Å². The number of hydrogen-bond acceptors (Lipinski definition) is 12. The number of nitrogens with zero attached hydrogens (tertiary/aromatic N) is 2. The van der Waals surface area contributed by atoms with E-state index < -0.39 is 18.3 Å². The highest BCUT2D eigenvalue weighted by atomic mass is 33.2. The summed E-state index contributed by atoms with van der Waals surface area (Å²) in [4.78, 5) is 8.06. The molecule has 1 aromatic rings. The monoisotopic (exact) mass is 478 g/mol. The molecule has 1 heterocycles. The zero-order valence-corrected chi connectivity index (χ0v) is 17.9. The fraction of sp³-hybridized carbons (Fsp3) is 0.667. The Kier molecular flexibility index (Phi) is 12.0. The molecular weight excluding hydrogens is 456 g/mol. The number of nitrogens with one attached hydrogen (secondary N) is 2. The molecule has 4 N–H and O–H groups in total. The molecule has 0 aliphatic heterocycles. The van der Waals surface area contributed by atoms with Gasteiger partial charge in [0.05, 0.1) is 12.4 Å². The van der Waals surface area contributed by atoms with E-state index >= 15 is 0 Å². The largest absolute Gasteiger partial charge is 0.475 e. The van der Waals surface area contributed by atoms with Crippen LogP contribution in [0, 0.1) is 0 Å². The molecule has 1 rings (SSSR count). The van der Waals surface area contributed by atoms with Crippen molar-refractivity contribution in [2.45, 2.75) is 0 Å². The minimum atomic E-state index is -4.01. The Morgan fingerprint density at radius 1 is 0.821 bits per heavy atom. The van der Waals surface area contributed by atoms with Crippen LogP contribution >= 0.6 is 21.6 Å². The van der Waals surface area contributed by atoms with Gasteiger partial charge in [-0.3, -0.25) is 14.1 Å². The molecular formula is C12H22N4O8S4. The summed E-state index contributed by atoms with van der Waals surface area (Å²) >= 11 is 0. The molecule has 28 heavy (non-hydrogen) atoms. The quantitative estimate of drug-likeness (QED) is 0.136. The molecule has 0 atom stereocenters. The van der Waals surface area contributed by atoms with Crippen molar-refractivity contribution in [2.75, 3.05) is 50.9 Å². The van der Waals surface area contributed by atoms with E-state index in [0.29, 0.717) is 47.8 Å². The van der Waals surface area contributed by atoms with Crippen LogP contribution in [0.4, 0.5) is 0 Å². The molecule has 0 saturated heterocycles. The molecule has 16 heteroatoms. The second-order valence-corrected chi connectivity index (χ2v) is 11.8. The van der Waals surface area contributed by atoms with Crippen molar-refractivity contribution in [1.82, 2.24) is 20.6 Å². The predicted octanol–water partition coefficient (Wildman–Crippen LogP) is -0.515. The lowest BCUT2D eigenvalue weighted by Gasteiger charge is -2.09. The van der Waals surface area contributed by atoms with Crippen molar-refractivity contribution in [1.29, 1.82) is 0 Å². The maximum Gasteiger partial charge on any atom is 0.319 e. The van der Waals surface area contributed by atoms with E-state index in [1.54, 1.807) is 0 Å². The van der Waals surface area contributed by atoms with Crippen LogP contribution in [0.25, 0.3) is 0 Å². The standard InChI is InChI=1S/C12H22N4O8S4/c17-27(18,19)25-7-3-13-1-5-23-11-9-15-10-12(16-11)24-6-2-14-4-8-26-28(20,21)22/h9-10,13-14H,1-8H2,(H,17,18,19)(H,20,21,22). The Labute approximate surface area is 170 Å². The van der Waals surface area contributed by atoms with E-state index in [4.69, 9.17) is 18.6 Å². The van der Waals surface area contributed by atoms with Crippen molar-refractivity contribution >= 4 is 39.9 Å². The fourth-order valence-electron chi connectivity index (χ4n) is 1.61. The highest BCUT2D eigenvalue weighted by Crippen LogP contribution is 2.11. The van der Waals surface area contributed by atoms with E-state index in [-0.39, 0.29) is 36.5 Å². The lowest BCUT2D eigenvalue weighted by atomic mass is 10.6. The highest BCUT2D eigenvalue weighted by Gasteiger charge is 2.05. The molecule has 0 aromatic carbocycles. The second-order valence-electron chi connectivity index (χ2n) is 4.89. The fourth-order valence-corrected chi connectivity index (χ4v) is 4.25. The van der Waals surface area contributed by atoms with Gasteiger partial charge in [-0.15, -0.1) is 0 Å². The van der Waals surface area contributed by atoms with Gasteiger partial charge in [0, 0.05) is 37.7 Å². The first-order valence-corrected chi connectivity index (χ1v) is 13.8. The molecule has 0 bridgehead atoms. The van der Waals surface area contributed by atoms with Gasteiger partial charge in [-0.2, -0.15) is 21.8 Å². The lowest BCUT2D eigenvalue weighted by molar-refractivity contribution is 0.276. The van der Waals surface area contributed by atoms with Crippen LogP contribution in [-0.2, 0) is 18.3 Å². The van der Waals surface area contributed by atoms with Gasteiger partial charge >= 0.3 is 18.3 Å². The molecule has 0 amide bonds. The van der Waals surface area contributed by atoms with Gasteiger partial charge in [-0.1, -0.05) is 0 Å². The minimum Gasteiger partial charge on any atom is -0.475 e. The van der Waals surface area contributed by atoms with Gasteiger partial charge in [0.2, 0.25) is 11.8 Å². The molecule has 0 saturated carbocycles. The minimum absolute atomic E-state index is 0.213. The SMILES string of the molecule is O=S(=O)(O)SCCNCCOc1cncc(OCCNCCSS(=O)(=O)O)n1. The van der Waals surface area contributed by atoms with E-state index in [0.717, 1.165) is 0 Å². The molecule has 0 spiro atoms. The summed E-state index contributed by atoms with van der Waals surface area (Å²) in [6.45, 7) is 2.23. The summed E-state index contributed by atoms with van der Waals surface area (Å²) < 4.78 is 70.0. The second kappa shape index (κ2) is 13.4. The van der Waals surface area contributed by atoms with E-state index in [9.17, 15) is 16.8 Å². The third-order valence-electron chi connectivity index (χ3n) is 2.67. The Balaban J connectivity index is 2.12. The summed E-state index contributed by atoms with van der Waals surface area (Å²) in [6, 6.07) is 0. The molecule has 162 valence electrons. The van der Waals surface area contributed by atoms with Crippen LogP contribution in [0.2, 0.25) is 0 Å². The Hall–Kier alpha value is -0.880. The van der Waals surface area contributed by atoms with Crippen molar-refractivity contribution in [2.24, 2.45) is 0 Å². The Morgan fingerprint density at radius 3 is 1.64 bits per heavy atom. The summed E-state index contributed by atoms with van der Waals surface area (Å²) in [5, 5.41) is 5.89. The molecule has 0 aliphatic carbocycles.